The standard InChI is InChI=1S/C16H11BrN2/c17-14-7-9-19-16(11-14)15-10-13(6-8-18-15)12-4-2-1-3-5-12/h1-11H. The number of pyridine rings is 2. The number of rotatable bonds is 2. The van der Waals surface area contributed by atoms with Gasteiger partial charge in [0.25, 0.3) is 0 Å². The lowest BCUT2D eigenvalue weighted by Gasteiger charge is -2.04. The summed E-state index contributed by atoms with van der Waals surface area (Å²) in [6.07, 6.45) is 3.59. The number of aromatic nitrogens is 2. The Labute approximate surface area is 120 Å². The van der Waals surface area contributed by atoms with Gasteiger partial charge in [-0.1, -0.05) is 46.3 Å². The van der Waals surface area contributed by atoms with E-state index in [1.165, 1.54) is 5.56 Å². The first-order chi connectivity index (χ1) is 9.33. The third kappa shape index (κ3) is 2.71. The second-order valence-corrected chi connectivity index (χ2v) is 5.07. The highest BCUT2D eigenvalue weighted by molar-refractivity contribution is 9.10. The molecule has 0 spiro atoms. The van der Waals surface area contributed by atoms with E-state index in [9.17, 15) is 0 Å². The lowest BCUT2D eigenvalue weighted by Crippen LogP contribution is -1.88. The van der Waals surface area contributed by atoms with Crippen molar-refractivity contribution < 1.29 is 0 Å². The lowest BCUT2D eigenvalue weighted by molar-refractivity contribution is 1.24. The van der Waals surface area contributed by atoms with Crippen LogP contribution in [0.4, 0.5) is 0 Å². The Bertz CT molecular complexity index is 696. The van der Waals surface area contributed by atoms with Gasteiger partial charge in [-0.3, -0.25) is 9.97 Å². The molecule has 0 atom stereocenters. The molecular formula is C16H11BrN2. The van der Waals surface area contributed by atoms with Crippen LogP contribution >= 0.6 is 15.9 Å². The largest absolute Gasteiger partial charge is 0.255 e. The van der Waals surface area contributed by atoms with Crippen LogP contribution in [0.1, 0.15) is 0 Å². The molecule has 0 fully saturated rings. The molecule has 3 rings (SSSR count). The second-order valence-electron chi connectivity index (χ2n) is 4.16. The van der Waals surface area contributed by atoms with Gasteiger partial charge in [-0.15, -0.1) is 0 Å². The van der Waals surface area contributed by atoms with Crippen molar-refractivity contribution in [1.82, 2.24) is 9.97 Å². The van der Waals surface area contributed by atoms with E-state index >= 15 is 0 Å². The summed E-state index contributed by atoms with van der Waals surface area (Å²) in [7, 11) is 0. The molecule has 19 heavy (non-hydrogen) atoms. The molecule has 3 heteroatoms. The quantitative estimate of drug-likeness (QED) is 0.692. The first-order valence-corrected chi connectivity index (χ1v) is 6.75. The fraction of sp³-hybridized carbons (Fsp3) is 0. The van der Waals surface area contributed by atoms with E-state index in [1.807, 2.05) is 42.6 Å². The number of hydrogen-bond donors (Lipinski definition) is 0. The Morgan fingerprint density at radius 3 is 2.11 bits per heavy atom. The Morgan fingerprint density at radius 2 is 1.37 bits per heavy atom. The number of benzene rings is 1. The first kappa shape index (κ1) is 12.1. The third-order valence-electron chi connectivity index (χ3n) is 2.85. The zero-order valence-electron chi connectivity index (χ0n) is 10.1. The molecule has 0 aliphatic carbocycles. The van der Waals surface area contributed by atoms with Gasteiger partial charge in [-0.2, -0.15) is 0 Å². The van der Waals surface area contributed by atoms with E-state index in [1.54, 1.807) is 6.20 Å². The molecule has 3 aromatic rings. The fourth-order valence-electron chi connectivity index (χ4n) is 1.93. The maximum Gasteiger partial charge on any atom is 0.0897 e. The summed E-state index contributed by atoms with van der Waals surface area (Å²) in [6.45, 7) is 0. The summed E-state index contributed by atoms with van der Waals surface area (Å²) >= 11 is 3.46. The molecular weight excluding hydrogens is 300 g/mol. The van der Waals surface area contributed by atoms with Crippen molar-refractivity contribution >= 4 is 15.9 Å². The van der Waals surface area contributed by atoms with Gasteiger partial charge in [0.1, 0.15) is 0 Å². The van der Waals surface area contributed by atoms with Gasteiger partial charge < -0.3 is 0 Å². The van der Waals surface area contributed by atoms with E-state index in [2.05, 4.69) is 44.1 Å². The molecule has 2 heterocycles. The minimum Gasteiger partial charge on any atom is -0.255 e. The number of hydrogen-bond acceptors (Lipinski definition) is 2. The molecule has 0 N–H and O–H groups in total. The van der Waals surface area contributed by atoms with Crippen molar-refractivity contribution in [3.05, 3.63) is 71.5 Å². The van der Waals surface area contributed by atoms with E-state index < -0.39 is 0 Å². The predicted molar refractivity (Wildman–Crippen MR) is 80.6 cm³/mol. The fourth-order valence-corrected chi connectivity index (χ4v) is 2.26. The number of halogens is 1. The number of nitrogens with zero attached hydrogens (tertiary/aromatic N) is 2. The van der Waals surface area contributed by atoms with Crippen LogP contribution in [0.15, 0.2) is 71.5 Å². The van der Waals surface area contributed by atoms with Crippen molar-refractivity contribution in [3.63, 3.8) is 0 Å². The molecule has 0 bridgehead atoms. The van der Waals surface area contributed by atoms with Gasteiger partial charge in [0.05, 0.1) is 11.4 Å². The van der Waals surface area contributed by atoms with Crippen molar-refractivity contribution in [2.24, 2.45) is 0 Å². The van der Waals surface area contributed by atoms with Gasteiger partial charge in [0, 0.05) is 16.9 Å². The highest BCUT2D eigenvalue weighted by atomic mass is 79.9. The maximum atomic E-state index is 4.39. The Morgan fingerprint density at radius 1 is 0.684 bits per heavy atom. The topological polar surface area (TPSA) is 25.8 Å². The first-order valence-electron chi connectivity index (χ1n) is 5.96. The molecule has 0 saturated heterocycles. The normalized spacial score (nSPS) is 10.4. The predicted octanol–water partition coefficient (Wildman–Crippen LogP) is 4.57. The highest BCUT2D eigenvalue weighted by Gasteiger charge is 2.04. The van der Waals surface area contributed by atoms with Crippen LogP contribution in [0.2, 0.25) is 0 Å². The average Bonchev–Trinajstić information content (AvgIpc) is 2.48. The molecule has 0 amide bonds. The van der Waals surface area contributed by atoms with Crippen LogP contribution in [-0.4, -0.2) is 9.97 Å². The zero-order chi connectivity index (χ0) is 13.1. The molecule has 0 aliphatic rings. The molecule has 0 saturated carbocycles. The molecule has 1 aromatic carbocycles. The van der Waals surface area contributed by atoms with Crippen molar-refractivity contribution in [2.75, 3.05) is 0 Å². The Balaban J connectivity index is 2.06. The van der Waals surface area contributed by atoms with E-state index in [0.29, 0.717) is 0 Å². The van der Waals surface area contributed by atoms with Crippen LogP contribution in [0, 0.1) is 0 Å². The molecule has 0 radical (unpaired) electrons. The van der Waals surface area contributed by atoms with Crippen LogP contribution < -0.4 is 0 Å². The molecule has 0 unspecified atom stereocenters. The Kier molecular flexibility index (Phi) is 3.38. The highest BCUT2D eigenvalue weighted by Crippen LogP contribution is 2.24. The van der Waals surface area contributed by atoms with E-state index in [4.69, 9.17) is 0 Å². The summed E-state index contributed by atoms with van der Waals surface area (Å²) in [4.78, 5) is 8.75. The van der Waals surface area contributed by atoms with Gasteiger partial charge >= 0.3 is 0 Å². The van der Waals surface area contributed by atoms with Gasteiger partial charge in [0.15, 0.2) is 0 Å². The van der Waals surface area contributed by atoms with E-state index in [-0.39, 0.29) is 0 Å². The summed E-state index contributed by atoms with van der Waals surface area (Å²) in [5.41, 5.74) is 4.07. The van der Waals surface area contributed by atoms with Crippen LogP contribution in [0.25, 0.3) is 22.5 Å². The van der Waals surface area contributed by atoms with Crippen LogP contribution in [0.5, 0.6) is 0 Å². The lowest BCUT2D eigenvalue weighted by atomic mass is 10.1. The summed E-state index contributed by atoms with van der Waals surface area (Å²) < 4.78 is 1.00. The van der Waals surface area contributed by atoms with Crippen molar-refractivity contribution in [2.45, 2.75) is 0 Å². The monoisotopic (exact) mass is 310 g/mol. The zero-order valence-corrected chi connectivity index (χ0v) is 11.7. The molecule has 92 valence electrons. The Hall–Kier alpha value is -2.00. The van der Waals surface area contributed by atoms with Crippen molar-refractivity contribution in [1.29, 1.82) is 0 Å². The molecule has 2 nitrogen and oxygen atoms in total. The van der Waals surface area contributed by atoms with Gasteiger partial charge in [0.2, 0.25) is 0 Å². The van der Waals surface area contributed by atoms with Crippen molar-refractivity contribution in [3.8, 4) is 22.5 Å². The maximum absolute atomic E-state index is 4.39. The summed E-state index contributed by atoms with van der Waals surface area (Å²) in [6, 6.07) is 18.2. The van der Waals surface area contributed by atoms with E-state index in [0.717, 1.165) is 21.4 Å². The SMILES string of the molecule is Brc1ccnc(-c2cc(-c3ccccc3)ccn2)c1. The minimum absolute atomic E-state index is 0.868. The average molecular weight is 311 g/mol. The summed E-state index contributed by atoms with van der Waals surface area (Å²) in [5, 5.41) is 0. The van der Waals surface area contributed by atoms with Crippen LogP contribution in [0.3, 0.4) is 0 Å². The second kappa shape index (κ2) is 5.33. The van der Waals surface area contributed by atoms with Gasteiger partial charge in [-0.05, 0) is 35.4 Å². The third-order valence-corrected chi connectivity index (χ3v) is 3.34. The smallest absolute Gasteiger partial charge is 0.0897 e. The summed E-state index contributed by atoms with van der Waals surface area (Å²) in [5.74, 6) is 0. The molecule has 0 aliphatic heterocycles. The minimum atomic E-state index is 0.868. The molecule has 2 aromatic heterocycles. The van der Waals surface area contributed by atoms with Crippen LogP contribution in [-0.2, 0) is 0 Å². The van der Waals surface area contributed by atoms with Gasteiger partial charge in [-0.25, -0.2) is 0 Å².